The highest BCUT2D eigenvalue weighted by Crippen LogP contribution is 2.19. The van der Waals surface area contributed by atoms with Crippen LogP contribution in [0.1, 0.15) is 38.1 Å². The van der Waals surface area contributed by atoms with Crippen molar-refractivity contribution in [3.63, 3.8) is 0 Å². The quantitative estimate of drug-likeness (QED) is 0.676. The van der Waals surface area contributed by atoms with E-state index in [0.717, 1.165) is 5.56 Å². The summed E-state index contributed by atoms with van der Waals surface area (Å²) in [5.41, 5.74) is 0.888. The molecule has 0 saturated carbocycles. The van der Waals surface area contributed by atoms with Gasteiger partial charge in [0.2, 0.25) is 15.9 Å². The Morgan fingerprint density at radius 3 is 2.37 bits per heavy atom. The molecule has 1 aromatic carbocycles. The van der Waals surface area contributed by atoms with Gasteiger partial charge in [-0.3, -0.25) is 4.79 Å². The lowest BCUT2D eigenvalue weighted by Crippen LogP contribution is -2.31. The molecule has 27 heavy (non-hydrogen) atoms. The second-order valence-electron chi connectivity index (χ2n) is 6.13. The first-order chi connectivity index (χ1) is 12.8. The van der Waals surface area contributed by atoms with E-state index in [2.05, 4.69) is 15.8 Å². The molecule has 9 heteroatoms. The third-order valence-electron chi connectivity index (χ3n) is 4.19. The normalized spacial score (nSPS) is 12.9. The lowest BCUT2D eigenvalue weighted by atomic mass is 10.1. The zero-order valence-corrected chi connectivity index (χ0v) is 16.8. The van der Waals surface area contributed by atoms with Crippen molar-refractivity contribution in [3.8, 4) is 0 Å². The van der Waals surface area contributed by atoms with Crippen LogP contribution in [0.25, 0.3) is 0 Å². The first-order valence-electron chi connectivity index (χ1n) is 8.84. The van der Waals surface area contributed by atoms with E-state index in [0.29, 0.717) is 24.7 Å². The van der Waals surface area contributed by atoms with Crippen molar-refractivity contribution in [1.82, 2.24) is 14.8 Å². The summed E-state index contributed by atoms with van der Waals surface area (Å²) in [6.45, 7) is 8.22. The van der Waals surface area contributed by atoms with E-state index in [1.54, 1.807) is 37.3 Å². The number of anilines is 1. The number of rotatable bonds is 9. The first-order valence-corrected chi connectivity index (χ1v) is 10.3. The molecular weight excluding hydrogens is 368 g/mol. The fourth-order valence-electron chi connectivity index (χ4n) is 2.62. The Morgan fingerprint density at radius 2 is 1.85 bits per heavy atom. The van der Waals surface area contributed by atoms with Crippen molar-refractivity contribution in [3.05, 3.63) is 41.7 Å². The number of nitrogens with zero attached hydrogens (tertiary/aromatic N) is 2. The maximum atomic E-state index is 12.5. The van der Waals surface area contributed by atoms with Gasteiger partial charge in [0, 0.05) is 25.2 Å². The lowest BCUT2D eigenvalue weighted by molar-refractivity contribution is -0.115. The van der Waals surface area contributed by atoms with Crippen LogP contribution in [0.4, 0.5) is 5.82 Å². The number of carbonyl (C=O) groups is 1. The predicted molar refractivity (Wildman–Crippen MR) is 103 cm³/mol. The van der Waals surface area contributed by atoms with E-state index in [1.165, 1.54) is 4.31 Å². The number of nitrogens with one attached hydrogen (secondary N) is 2. The van der Waals surface area contributed by atoms with Gasteiger partial charge in [-0.1, -0.05) is 31.1 Å². The van der Waals surface area contributed by atoms with E-state index in [1.807, 2.05) is 20.8 Å². The van der Waals surface area contributed by atoms with Crippen LogP contribution in [-0.2, 0) is 14.8 Å². The largest absolute Gasteiger partial charge is 0.360 e. The number of carbonyl (C=O) groups excluding carboxylic acids is 1. The van der Waals surface area contributed by atoms with Gasteiger partial charge in [0.15, 0.2) is 5.82 Å². The molecule has 2 rings (SSSR count). The molecule has 0 aliphatic carbocycles. The van der Waals surface area contributed by atoms with Crippen molar-refractivity contribution in [2.24, 2.45) is 0 Å². The third kappa shape index (κ3) is 5.38. The number of benzene rings is 1. The Labute approximate surface area is 160 Å². The molecule has 0 bridgehead atoms. The minimum atomic E-state index is -3.47. The standard InChI is InChI=1S/C18H26N4O4S/c1-5-22(6-2)27(24,25)16-9-7-15(8-10-16)14(4)19-12-18(23)20-17-11-13(3)26-21-17/h7-11,14,19H,5-6,12H2,1-4H3,(H,20,21,23)/t14-/m1/s1. The molecular formula is C18H26N4O4S. The molecule has 1 aromatic heterocycles. The summed E-state index contributed by atoms with van der Waals surface area (Å²) in [6, 6.07) is 8.22. The molecule has 0 unspecified atom stereocenters. The number of aromatic nitrogens is 1. The highest BCUT2D eigenvalue weighted by atomic mass is 32.2. The molecule has 1 heterocycles. The van der Waals surface area contributed by atoms with Crippen LogP contribution in [0, 0.1) is 6.92 Å². The Bertz CT molecular complexity index is 858. The number of aryl methyl sites for hydroxylation is 1. The molecule has 0 fully saturated rings. The molecule has 0 spiro atoms. The van der Waals surface area contributed by atoms with Crippen molar-refractivity contribution < 1.29 is 17.7 Å². The number of amides is 1. The zero-order chi connectivity index (χ0) is 20.0. The van der Waals surface area contributed by atoms with E-state index in [-0.39, 0.29) is 23.4 Å². The van der Waals surface area contributed by atoms with Crippen LogP contribution in [0.15, 0.2) is 39.8 Å². The molecule has 2 N–H and O–H groups in total. The molecule has 0 saturated heterocycles. The fraction of sp³-hybridized carbons (Fsp3) is 0.444. The maximum Gasteiger partial charge on any atom is 0.243 e. The first kappa shape index (κ1) is 21.1. The summed E-state index contributed by atoms with van der Waals surface area (Å²) in [5, 5.41) is 9.44. The SMILES string of the molecule is CCN(CC)S(=O)(=O)c1ccc([C@@H](C)NCC(=O)Nc2cc(C)on2)cc1. The second kappa shape index (κ2) is 9.12. The predicted octanol–water partition coefficient (Wildman–Crippen LogP) is 2.30. The molecule has 2 aromatic rings. The van der Waals surface area contributed by atoms with Gasteiger partial charge in [-0.05, 0) is 31.5 Å². The molecule has 0 aliphatic heterocycles. The van der Waals surface area contributed by atoms with Crippen LogP contribution in [0.5, 0.6) is 0 Å². The topological polar surface area (TPSA) is 105 Å². The number of hydrogen-bond donors (Lipinski definition) is 2. The summed E-state index contributed by atoms with van der Waals surface area (Å²) < 4.78 is 31.3. The maximum absolute atomic E-state index is 12.5. The zero-order valence-electron chi connectivity index (χ0n) is 16.0. The van der Waals surface area contributed by atoms with Crippen LogP contribution in [0.2, 0.25) is 0 Å². The fourth-order valence-corrected chi connectivity index (χ4v) is 4.08. The van der Waals surface area contributed by atoms with Gasteiger partial charge in [-0.15, -0.1) is 0 Å². The average molecular weight is 394 g/mol. The van der Waals surface area contributed by atoms with Gasteiger partial charge in [0.1, 0.15) is 5.76 Å². The van der Waals surface area contributed by atoms with Crippen molar-refractivity contribution >= 4 is 21.7 Å². The minimum absolute atomic E-state index is 0.0899. The van der Waals surface area contributed by atoms with E-state index in [4.69, 9.17) is 4.52 Å². The van der Waals surface area contributed by atoms with Gasteiger partial charge in [-0.2, -0.15) is 4.31 Å². The van der Waals surface area contributed by atoms with Gasteiger partial charge in [0.25, 0.3) is 0 Å². The molecule has 148 valence electrons. The van der Waals surface area contributed by atoms with Crippen LogP contribution in [0.3, 0.4) is 0 Å². The molecule has 8 nitrogen and oxygen atoms in total. The number of hydrogen-bond acceptors (Lipinski definition) is 6. The van der Waals surface area contributed by atoms with Crippen LogP contribution in [-0.4, -0.2) is 43.4 Å². The average Bonchev–Trinajstić information content (AvgIpc) is 3.05. The van der Waals surface area contributed by atoms with Crippen LogP contribution >= 0.6 is 0 Å². The Balaban J connectivity index is 1.95. The van der Waals surface area contributed by atoms with Crippen molar-refractivity contribution in [1.29, 1.82) is 0 Å². The monoisotopic (exact) mass is 394 g/mol. The molecule has 0 aliphatic rings. The van der Waals surface area contributed by atoms with Crippen molar-refractivity contribution in [2.45, 2.75) is 38.6 Å². The van der Waals surface area contributed by atoms with Gasteiger partial charge in [-0.25, -0.2) is 8.42 Å². The van der Waals surface area contributed by atoms with Crippen molar-refractivity contribution in [2.75, 3.05) is 25.0 Å². The van der Waals surface area contributed by atoms with Crippen LogP contribution < -0.4 is 10.6 Å². The van der Waals surface area contributed by atoms with Gasteiger partial charge < -0.3 is 15.2 Å². The lowest BCUT2D eigenvalue weighted by Gasteiger charge is -2.19. The van der Waals surface area contributed by atoms with E-state index in [9.17, 15) is 13.2 Å². The van der Waals surface area contributed by atoms with E-state index < -0.39 is 10.0 Å². The molecule has 0 radical (unpaired) electrons. The van der Waals surface area contributed by atoms with Gasteiger partial charge in [0.05, 0.1) is 11.4 Å². The van der Waals surface area contributed by atoms with Gasteiger partial charge >= 0.3 is 0 Å². The summed E-state index contributed by atoms with van der Waals surface area (Å²) in [5.74, 6) is 0.750. The highest BCUT2D eigenvalue weighted by molar-refractivity contribution is 7.89. The third-order valence-corrected chi connectivity index (χ3v) is 6.25. The second-order valence-corrected chi connectivity index (χ2v) is 8.07. The Hall–Kier alpha value is -2.23. The summed E-state index contributed by atoms with van der Waals surface area (Å²) in [4.78, 5) is 12.2. The molecule has 1 atom stereocenters. The smallest absolute Gasteiger partial charge is 0.243 e. The summed E-state index contributed by atoms with van der Waals surface area (Å²) in [6.07, 6.45) is 0. The number of sulfonamides is 1. The summed E-state index contributed by atoms with van der Waals surface area (Å²) >= 11 is 0. The molecule has 1 amide bonds. The van der Waals surface area contributed by atoms with E-state index >= 15 is 0 Å². The Morgan fingerprint density at radius 1 is 1.22 bits per heavy atom. The Kier molecular flexibility index (Phi) is 7.11. The highest BCUT2D eigenvalue weighted by Gasteiger charge is 2.21. The summed E-state index contributed by atoms with van der Waals surface area (Å²) in [7, 11) is -3.47. The minimum Gasteiger partial charge on any atom is -0.360 e.